The van der Waals surface area contributed by atoms with Gasteiger partial charge in [-0.2, -0.15) is 0 Å². The molecular weight excluding hydrogens is 224 g/mol. The van der Waals surface area contributed by atoms with Gasteiger partial charge in [-0.15, -0.1) is 0 Å². The zero-order valence-corrected chi connectivity index (χ0v) is 10.4. The summed E-state index contributed by atoms with van der Waals surface area (Å²) in [4.78, 5) is 0.325. The van der Waals surface area contributed by atoms with E-state index in [1.807, 2.05) is 13.8 Å². The highest BCUT2D eigenvalue weighted by Crippen LogP contribution is 2.14. The van der Waals surface area contributed by atoms with E-state index in [4.69, 9.17) is 0 Å². The summed E-state index contributed by atoms with van der Waals surface area (Å²) in [7, 11) is -3.25. The van der Waals surface area contributed by atoms with Crippen LogP contribution in [0, 0.1) is 5.92 Å². The van der Waals surface area contributed by atoms with Gasteiger partial charge < -0.3 is 5.11 Å². The van der Waals surface area contributed by atoms with Crippen LogP contribution in [0.3, 0.4) is 0 Å². The molecule has 1 aromatic carbocycles. The Labute approximate surface area is 97.0 Å². The van der Waals surface area contributed by atoms with Gasteiger partial charge in [0.15, 0.2) is 9.84 Å². The first-order valence-electron chi connectivity index (χ1n) is 5.39. The molecule has 3 nitrogen and oxygen atoms in total. The minimum atomic E-state index is -3.25. The fourth-order valence-corrected chi connectivity index (χ4v) is 2.71. The average Bonchev–Trinajstić information content (AvgIpc) is 2.27. The van der Waals surface area contributed by atoms with Crippen LogP contribution in [0.25, 0.3) is 0 Å². The van der Waals surface area contributed by atoms with E-state index in [9.17, 15) is 13.5 Å². The maximum Gasteiger partial charge on any atom is 0.178 e. The first kappa shape index (κ1) is 13.2. The summed E-state index contributed by atoms with van der Waals surface area (Å²) in [6, 6.07) is 8.34. The zero-order chi connectivity index (χ0) is 12.2. The second-order valence-electron chi connectivity index (χ2n) is 4.23. The van der Waals surface area contributed by atoms with Gasteiger partial charge >= 0.3 is 0 Å². The normalized spacial score (nSPS) is 14.0. The van der Waals surface area contributed by atoms with Crippen molar-refractivity contribution in [3.8, 4) is 0 Å². The molecule has 1 atom stereocenters. The highest BCUT2D eigenvalue weighted by atomic mass is 32.2. The van der Waals surface area contributed by atoms with Gasteiger partial charge in [-0.3, -0.25) is 0 Å². The van der Waals surface area contributed by atoms with Crippen LogP contribution in [-0.4, -0.2) is 25.4 Å². The Morgan fingerprint density at radius 2 is 1.75 bits per heavy atom. The highest BCUT2D eigenvalue weighted by molar-refractivity contribution is 7.91. The van der Waals surface area contributed by atoms with Crippen molar-refractivity contribution in [3.63, 3.8) is 0 Å². The molecule has 0 amide bonds. The lowest BCUT2D eigenvalue weighted by molar-refractivity contribution is 0.122. The summed E-state index contributed by atoms with van der Waals surface area (Å²) in [5, 5.41) is 9.57. The van der Waals surface area contributed by atoms with E-state index in [1.165, 1.54) is 0 Å². The third kappa shape index (κ3) is 3.61. The molecule has 0 aliphatic heterocycles. The van der Waals surface area contributed by atoms with Gasteiger partial charge in [0.1, 0.15) is 0 Å². The standard InChI is InChI=1S/C12H18O3S/c1-10(2)12(13)8-9-16(14,15)11-6-4-3-5-7-11/h3-7,10,12-13H,8-9H2,1-2H3. The Hall–Kier alpha value is -0.870. The van der Waals surface area contributed by atoms with Gasteiger partial charge in [-0.1, -0.05) is 32.0 Å². The van der Waals surface area contributed by atoms with Gasteiger partial charge in [0.2, 0.25) is 0 Å². The number of aliphatic hydroxyl groups excluding tert-OH is 1. The third-order valence-corrected chi connectivity index (χ3v) is 4.32. The van der Waals surface area contributed by atoms with Gasteiger partial charge in [-0.25, -0.2) is 8.42 Å². The molecule has 90 valence electrons. The maximum absolute atomic E-state index is 11.8. The van der Waals surface area contributed by atoms with Crippen LogP contribution in [0.15, 0.2) is 35.2 Å². The van der Waals surface area contributed by atoms with Crippen molar-refractivity contribution >= 4 is 9.84 Å². The molecule has 1 rings (SSSR count). The van der Waals surface area contributed by atoms with Crippen molar-refractivity contribution < 1.29 is 13.5 Å². The van der Waals surface area contributed by atoms with E-state index in [-0.39, 0.29) is 18.1 Å². The summed E-state index contributed by atoms with van der Waals surface area (Å²) in [5.74, 6) is 0.0853. The smallest absolute Gasteiger partial charge is 0.178 e. The SMILES string of the molecule is CC(C)C(O)CCS(=O)(=O)c1ccccc1. The number of aliphatic hydroxyl groups is 1. The van der Waals surface area contributed by atoms with Crippen molar-refractivity contribution in [2.45, 2.75) is 31.3 Å². The summed E-state index contributed by atoms with van der Waals surface area (Å²) in [6.07, 6.45) is -0.270. The average molecular weight is 242 g/mol. The van der Waals surface area contributed by atoms with E-state index >= 15 is 0 Å². The largest absolute Gasteiger partial charge is 0.393 e. The van der Waals surface area contributed by atoms with E-state index < -0.39 is 15.9 Å². The van der Waals surface area contributed by atoms with Gasteiger partial charge in [-0.05, 0) is 24.5 Å². The lowest BCUT2D eigenvalue weighted by Crippen LogP contribution is -2.19. The van der Waals surface area contributed by atoms with Crippen LogP contribution in [-0.2, 0) is 9.84 Å². The summed E-state index contributed by atoms with van der Waals surface area (Å²) < 4.78 is 23.7. The third-order valence-electron chi connectivity index (χ3n) is 2.55. The van der Waals surface area contributed by atoms with Gasteiger partial charge in [0.05, 0.1) is 16.8 Å². The van der Waals surface area contributed by atoms with Crippen LogP contribution < -0.4 is 0 Å². The molecule has 1 unspecified atom stereocenters. The molecule has 0 aliphatic carbocycles. The highest BCUT2D eigenvalue weighted by Gasteiger charge is 2.17. The first-order chi connectivity index (χ1) is 7.43. The molecule has 0 spiro atoms. The Morgan fingerprint density at radius 3 is 2.25 bits per heavy atom. The molecule has 0 aromatic heterocycles. The van der Waals surface area contributed by atoms with Gasteiger partial charge in [0, 0.05) is 0 Å². The number of sulfone groups is 1. The zero-order valence-electron chi connectivity index (χ0n) is 9.63. The Balaban J connectivity index is 2.67. The monoisotopic (exact) mass is 242 g/mol. The quantitative estimate of drug-likeness (QED) is 0.857. The van der Waals surface area contributed by atoms with Crippen molar-refractivity contribution in [3.05, 3.63) is 30.3 Å². The Bertz CT molecular complexity index is 409. The molecule has 0 saturated carbocycles. The molecule has 1 N–H and O–H groups in total. The molecule has 0 heterocycles. The maximum atomic E-state index is 11.8. The van der Waals surface area contributed by atoms with Crippen LogP contribution in [0.2, 0.25) is 0 Å². The second-order valence-corrected chi connectivity index (χ2v) is 6.34. The lowest BCUT2D eigenvalue weighted by Gasteiger charge is -2.14. The minimum absolute atomic E-state index is 0.00361. The summed E-state index contributed by atoms with van der Waals surface area (Å²) >= 11 is 0. The number of hydrogen-bond donors (Lipinski definition) is 1. The van der Waals surface area contributed by atoms with Crippen LogP contribution in [0.5, 0.6) is 0 Å². The van der Waals surface area contributed by atoms with Crippen molar-refractivity contribution in [1.29, 1.82) is 0 Å². The number of hydrogen-bond acceptors (Lipinski definition) is 3. The molecule has 0 saturated heterocycles. The molecule has 0 bridgehead atoms. The first-order valence-corrected chi connectivity index (χ1v) is 7.04. The van der Waals surface area contributed by atoms with E-state index in [2.05, 4.69) is 0 Å². The van der Waals surface area contributed by atoms with Crippen molar-refractivity contribution in [1.82, 2.24) is 0 Å². The lowest BCUT2D eigenvalue weighted by atomic mass is 10.1. The molecule has 1 aromatic rings. The van der Waals surface area contributed by atoms with Crippen LogP contribution in [0.4, 0.5) is 0 Å². The molecule has 0 radical (unpaired) electrons. The van der Waals surface area contributed by atoms with Gasteiger partial charge in [0.25, 0.3) is 0 Å². The second kappa shape index (κ2) is 5.46. The van der Waals surface area contributed by atoms with Crippen molar-refractivity contribution in [2.75, 3.05) is 5.75 Å². The molecule has 4 heteroatoms. The van der Waals surface area contributed by atoms with E-state index in [1.54, 1.807) is 30.3 Å². The molecule has 0 aliphatic rings. The Morgan fingerprint density at radius 1 is 1.19 bits per heavy atom. The topological polar surface area (TPSA) is 54.4 Å². The molecule has 0 fully saturated rings. The van der Waals surface area contributed by atoms with E-state index in [0.29, 0.717) is 4.90 Å². The Kier molecular flexibility index (Phi) is 4.50. The molecule has 16 heavy (non-hydrogen) atoms. The fraction of sp³-hybridized carbons (Fsp3) is 0.500. The number of rotatable bonds is 5. The van der Waals surface area contributed by atoms with E-state index in [0.717, 1.165) is 0 Å². The van der Waals surface area contributed by atoms with Crippen LogP contribution in [0.1, 0.15) is 20.3 Å². The predicted molar refractivity (Wildman–Crippen MR) is 64.0 cm³/mol. The fourth-order valence-electron chi connectivity index (χ4n) is 1.35. The van der Waals surface area contributed by atoms with Crippen LogP contribution >= 0.6 is 0 Å². The number of benzene rings is 1. The summed E-state index contributed by atoms with van der Waals surface area (Å²) in [5.41, 5.74) is 0. The molecular formula is C12H18O3S. The summed E-state index contributed by atoms with van der Waals surface area (Å²) in [6.45, 7) is 3.75. The predicted octanol–water partition coefficient (Wildman–Crippen LogP) is 1.87. The van der Waals surface area contributed by atoms with Crippen molar-refractivity contribution in [2.24, 2.45) is 5.92 Å². The minimum Gasteiger partial charge on any atom is -0.393 e.